The summed E-state index contributed by atoms with van der Waals surface area (Å²) in [5, 5.41) is 9.84. The number of rotatable bonds is 5. The van der Waals surface area contributed by atoms with E-state index < -0.39 is 11.9 Å². The molecule has 1 unspecified atom stereocenters. The van der Waals surface area contributed by atoms with Crippen LogP contribution in [0.3, 0.4) is 0 Å². The van der Waals surface area contributed by atoms with Gasteiger partial charge in [0.2, 0.25) is 0 Å². The van der Waals surface area contributed by atoms with Crippen LogP contribution in [0.25, 0.3) is 0 Å². The molecule has 0 amide bonds. The van der Waals surface area contributed by atoms with Crippen molar-refractivity contribution in [3.05, 3.63) is 65.2 Å². The van der Waals surface area contributed by atoms with Crippen LogP contribution in [0.1, 0.15) is 11.5 Å². The standard InChI is InChI=1S/C15H13ClO3/c16-12-8-6-11(7-9-12)14(15(17)18)10-19-13-4-2-1-3-5-13/h1-9,14H,10H2,(H,17,18). The highest BCUT2D eigenvalue weighted by molar-refractivity contribution is 6.30. The number of para-hydroxylation sites is 1. The molecule has 0 bridgehead atoms. The minimum atomic E-state index is -0.918. The van der Waals surface area contributed by atoms with E-state index in [0.29, 0.717) is 16.3 Å². The van der Waals surface area contributed by atoms with Gasteiger partial charge in [0.15, 0.2) is 0 Å². The molecule has 2 aromatic rings. The molecule has 0 radical (unpaired) electrons. The second-order valence-corrected chi connectivity index (χ2v) is 4.50. The van der Waals surface area contributed by atoms with Crippen molar-refractivity contribution in [2.24, 2.45) is 0 Å². The molecular weight excluding hydrogens is 264 g/mol. The van der Waals surface area contributed by atoms with Crippen LogP contribution in [-0.4, -0.2) is 17.7 Å². The van der Waals surface area contributed by atoms with E-state index in [-0.39, 0.29) is 6.61 Å². The van der Waals surface area contributed by atoms with Gasteiger partial charge < -0.3 is 9.84 Å². The molecule has 0 aliphatic carbocycles. The van der Waals surface area contributed by atoms with Crippen molar-refractivity contribution in [3.8, 4) is 5.75 Å². The molecule has 0 saturated carbocycles. The quantitative estimate of drug-likeness (QED) is 0.908. The molecule has 19 heavy (non-hydrogen) atoms. The molecule has 0 fully saturated rings. The van der Waals surface area contributed by atoms with Gasteiger partial charge in [-0.2, -0.15) is 0 Å². The molecule has 0 heterocycles. The van der Waals surface area contributed by atoms with E-state index in [2.05, 4.69) is 0 Å². The highest BCUT2D eigenvalue weighted by Crippen LogP contribution is 2.20. The van der Waals surface area contributed by atoms with Gasteiger partial charge in [0.05, 0.1) is 0 Å². The maximum absolute atomic E-state index is 11.3. The smallest absolute Gasteiger partial charge is 0.314 e. The van der Waals surface area contributed by atoms with Crippen molar-refractivity contribution < 1.29 is 14.6 Å². The number of carboxylic acids is 1. The lowest BCUT2D eigenvalue weighted by molar-refractivity contribution is -0.139. The first-order valence-electron chi connectivity index (χ1n) is 5.83. The summed E-state index contributed by atoms with van der Waals surface area (Å²) in [5.74, 6) is -0.974. The average Bonchev–Trinajstić information content (AvgIpc) is 2.42. The van der Waals surface area contributed by atoms with E-state index in [1.165, 1.54) is 0 Å². The lowest BCUT2D eigenvalue weighted by Gasteiger charge is -2.14. The minimum absolute atomic E-state index is 0.0843. The van der Waals surface area contributed by atoms with Gasteiger partial charge in [-0.25, -0.2) is 0 Å². The molecule has 0 aromatic heterocycles. The largest absolute Gasteiger partial charge is 0.492 e. The summed E-state index contributed by atoms with van der Waals surface area (Å²) >= 11 is 5.79. The van der Waals surface area contributed by atoms with E-state index in [1.54, 1.807) is 36.4 Å². The summed E-state index contributed by atoms with van der Waals surface area (Å²) in [4.78, 5) is 11.3. The Morgan fingerprint density at radius 3 is 2.32 bits per heavy atom. The minimum Gasteiger partial charge on any atom is -0.492 e. The fourth-order valence-electron chi connectivity index (χ4n) is 1.70. The van der Waals surface area contributed by atoms with Gasteiger partial charge in [-0.1, -0.05) is 41.9 Å². The first-order chi connectivity index (χ1) is 9.16. The molecule has 2 rings (SSSR count). The Bertz CT molecular complexity index is 537. The zero-order valence-electron chi connectivity index (χ0n) is 10.1. The monoisotopic (exact) mass is 276 g/mol. The maximum Gasteiger partial charge on any atom is 0.314 e. The predicted molar refractivity (Wildman–Crippen MR) is 73.8 cm³/mol. The summed E-state index contributed by atoms with van der Waals surface area (Å²) in [6.45, 7) is 0.0843. The third kappa shape index (κ3) is 3.73. The molecule has 2 aromatic carbocycles. The number of benzene rings is 2. The van der Waals surface area contributed by atoms with Gasteiger partial charge in [-0.15, -0.1) is 0 Å². The van der Waals surface area contributed by atoms with Crippen molar-refractivity contribution in [1.29, 1.82) is 0 Å². The van der Waals surface area contributed by atoms with Gasteiger partial charge in [0.1, 0.15) is 18.3 Å². The van der Waals surface area contributed by atoms with E-state index in [1.807, 2.05) is 18.2 Å². The lowest BCUT2D eigenvalue weighted by atomic mass is 10.0. The zero-order valence-corrected chi connectivity index (χ0v) is 10.9. The Kier molecular flexibility index (Phi) is 4.42. The van der Waals surface area contributed by atoms with E-state index >= 15 is 0 Å². The third-order valence-corrected chi connectivity index (χ3v) is 2.98. The van der Waals surface area contributed by atoms with Crippen LogP contribution in [-0.2, 0) is 4.79 Å². The molecule has 0 spiro atoms. The summed E-state index contributed by atoms with van der Waals surface area (Å²) < 4.78 is 5.50. The summed E-state index contributed by atoms with van der Waals surface area (Å²) in [5.41, 5.74) is 0.674. The normalized spacial score (nSPS) is 11.8. The molecule has 0 saturated heterocycles. The number of hydrogen-bond acceptors (Lipinski definition) is 2. The SMILES string of the molecule is O=C(O)C(COc1ccccc1)c1ccc(Cl)cc1. The van der Waals surface area contributed by atoms with E-state index in [4.69, 9.17) is 16.3 Å². The van der Waals surface area contributed by atoms with Crippen LogP contribution in [0, 0.1) is 0 Å². The fourth-order valence-corrected chi connectivity index (χ4v) is 1.83. The molecule has 4 heteroatoms. The summed E-state index contributed by atoms with van der Waals surface area (Å²) in [6, 6.07) is 15.9. The number of aliphatic carboxylic acids is 1. The Morgan fingerprint density at radius 2 is 1.74 bits per heavy atom. The zero-order chi connectivity index (χ0) is 13.7. The molecule has 98 valence electrons. The lowest BCUT2D eigenvalue weighted by Crippen LogP contribution is -2.19. The first-order valence-corrected chi connectivity index (χ1v) is 6.21. The number of hydrogen-bond donors (Lipinski definition) is 1. The van der Waals surface area contributed by atoms with Crippen LogP contribution in [0.15, 0.2) is 54.6 Å². The van der Waals surface area contributed by atoms with Crippen LogP contribution in [0.5, 0.6) is 5.75 Å². The summed E-state index contributed by atoms with van der Waals surface area (Å²) in [6.07, 6.45) is 0. The first kappa shape index (κ1) is 13.4. The van der Waals surface area contributed by atoms with Crippen LogP contribution in [0.2, 0.25) is 5.02 Å². The van der Waals surface area contributed by atoms with Crippen molar-refractivity contribution in [3.63, 3.8) is 0 Å². The summed E-state index contributed by atoms with van der Waals surface area (Å²) in [7, 11) is 0. The van der Waals surface area contributed by atoms with Crippen molar-refractivity contribution in [2.75, 3.05) is 6.61 Å². The Hall–Kier alpha value is -2.00. The second-order valence-electron chi connectivity index (χ2n) is 4.07. The van der Waals surface area contributed by atoms with Crippen LogP contribution in [0.4, 0.5) is 0 Å². The highest BCUT2D eigenvalue weighted by Gasteiger charge is 2.20. The van der Waals surface area contributed by atoms with Gasteiger partial charge in [-0.05, 0) is 29.8 Å². The van der Waals surface area contributed by atoms with Crippen molar-refractivity contribution >= 4 is 17.6 Å². The third-order valence-electron chi connectivity index (χ3n) is 2.73. The fraction of sp³-hybridized carbons (Fsp3) is 0.133. The Morgan fingerprint density at radius 1 is 1.11 bits per heavy atom. The molecular formula is C15H13ClO3. The van der Waals surface area contributed by atoms with Crippen molar-refractivity contribution in [1.82, 2.24) is 0 Å². The molecule has 1 atom stereocenters. The van der Waals surface area contributed by atoms with E-state index in [0.717, 1.165) is 0 Å². The second kappa shape index (κ2) is 6.25. The Labute approximate surface area is 116 Å². The molecule has 0 aliphatic heterocycles. The number of carboxylic acid groups (broad SMARTS) is 1. The van der Waals surface area contributed by atoms with E-state index in [9.17, 15) is 9.90 Å². The van der Waals surface area contributed by atoms with Gasteiger partial charge in [0.25, 0.3) is 0 Å². The Balaban J connectivity index is 2.09. The predicted octanol–water partition coefficient (Wildman–Crippen LogP) is 3.59. The molecule has 0 aliphatic rings. The molecule has 3 nitrogen and oxygen atoms in total. The average molecular weight is 277 g/mol. The van der Waals surface area contributed by atoms with Crippen molar-refractivity contribution in [2.45, 2.75) is 5.92 Å². The van der Waals surface area contributed by atoms with Gasteiger partial charge in [-0.3, -0.25) is 4.79 Å². The van der Waals surface area contributed by atoms with Crippen LogP contribution >= 0.6 is 11.6 Å². The highest BCUT2D eigenvalue weighted by atomic mass is 35.5. The molecule has 1 N–H and O–H groups in total. The number of carbonyl (C=O) groups is 1. The van der Waals surface area contributed by atoms with Gasteiger partial charge in [0, 0.05) is 5.02 Å². The number of halogens is 1. The number of ether oxygens (including phenoxy) is 1. The van der Waals surface area contributed by atoms with Gasteiger partial charge >= 0.3 is 5.97 Å². The van der Waals surface area contributed by atoms with Crippen LogP contribution < -0.4 is 4.74 Å². The maximum atomic E-state index is 11.3. The topological polar surface area (TPSA) is 46.5 Å².